The third-order valence-electron chi connectivity index (χ3n) is 4.04. The molecule has 0 unspecified atom stereocenters. The third kappa shape index (κ3) is 3.93. The summed E-state index contributed by atoms with van der Waals surface area (Å²) in [7, 11) is 0. The molecule has 0 aliphatic rings. The molecule has 1 N–H and O–H groups in total. The summed E-state index contributed by atoms with van der Waals surface area (Å²) >= 11 is 23.3. The number of halogens is 4. The van der Waals surface area contributed by atoms with Crippen LogP contribution < -0.4 is 5.32 Å². The standard InChI is InChI=1S/C19H11BrCl3N3OS/c20-13-9-26(8-10-5-6-11(21)7-14(10)22)25-18(13)24-19(27)17-16(23)12-3-1-2-4-15(12)28-17/h1-7,9H,8H2,(H,24,25,27). The van der Waals surface area contributed by atoms with Gasteiger partial charge < -0.3 is 5.32 Å². The largest absolute Gasteiger partial charge is 0.303 e. The van der Waals surface area contributed by atoms with Crippen LogP contribution in [0.15, 0.2) is 53.1 Å². The van der Waals surface area contributed by atoms with Gasteiger partial charge in [-0.05, 0) is 39.7 Å². The number of nitrogens with one attached hydrogen (secondary N) is 1. The van der Waals surface area contributed by atoms with Gasteiger partial charge >= 0.3 is 0 Å². The van der Waals surface area contributed by atoms with E-state index in [0.717, 1.165) is 15.6 Å². The molecule has 4 aromatic rings. The van der Waals surface area contributed by atoms with Gasteiger partial charge in [-0.3, -0.25) is 9.48 Å². The Morgan fingerprint density at radius 2 is 1.96 bits per heavy atom. The molecule has 0 aliphatic carbocycles. The molecule has 0 saturated heterocycles. The zero-order chi connectivity index (χ0) is 19.8. The zero-order valence-electron chi connectivity index (χ0n) is 14.0. The lowest BCUT2D eigenvalue weighted by Gasteiger charge is -2.05. The Labute approximate surface area is 188 Å². The molecule has 2 aromatic carbocycles. The van der Waals surface area contributed by atoms with E-state index in [1.54, 1.807) is 23.0 Å². The molecule has 0 bridgehead atoms. The van der Waals surface area contributed by atoms with Crippen LogP contribution in [0.25, 0.3) is 10.1 Å². The van der Waals surface area contributed by atoms with Crippen molar-refractivity contribution in [1.82, 2.24) is 9.78 Å². The number of fused-ring (bicyclic) bond motifs is 1. The maximum Gasteiger partial charge on any atom is 0.268 e. The molecular formula is C19H11BrCl3N3OS. The first-order chi connectivity index (χ1) is 13.4. The quantitative estimate of drug-likeness (QED) is 0.315. The summed E-state index contributed by atoms with van der Waals surface area (Å²) in [4.78, 5) is 13.2. The summed E-state index contributed by atoms with van der Waals surface area (Å²) < 4.78 is 3.30. The van der Waals surface area contributed by atoms with Crippen LogP contribution in [-0.4, -0.2) is 15.7 Å². The molecule has 4 rings (SSSR count). The van der Waals surface area contributed by atoms with Gasteiger partial charge in [0.05, 0.1) is 16.0 Å². The molecular weight excluding hydrogens is 505 g/mol. The predicted octanol–water partition coefficient (Wildman–Crippen LogP) is 7.12. The van der Waals surface area contributed by atoms with E-state index in [-0.39, 0.29) is 5.91 Å². The van der Waals surface area contributed by atoms with Crippen molar-refractivity contribution in [1.29, 1.82) is 0 Å². The van der Waals surface area contributed by atoms with Gasteiger partial charge in [-0.1, -0.05) is 59.1 Å². The van der Waals surface area contributed by atoms with Crippen LogP contribution in [0, 0.1) is 0 Å². The molecule has 28 heavy (non-hydrogen) atoms. The van der Waals surface area contributed by atoms with Crippen LogP contribution in [-0.2, 0) is 6.54 Å². The fourth-order valence-corrected chi connectivity index (χ4v) is 5.01. The highest BCUT2D eigenvalue weighted by atomic mass is 79.9. The fourth-order valence-electron chi connectivity index (χ4n) is 2.71. The van der Waals surface area contributed by atoms with Crippen LogP contribution in [0.1, 0.15) is 15.2 Å². The Balaban J connectivity index is 1.56. The van der Waals surface area contributed by atoms with Crippen LogP contribution in [0.3, 0.4) is 0 Å². The van der Waals surface area contributed by atoms with E-state index in [9.17, 15) is 4.79 Å². The van der Waals surface area contributed by atoms with Crippen LogP contribution in [0.4, 0.5) is 5.82 Å². The number of nitrogens with zero attached hydrogens (tertiary/aromatic N) is 2. The number of anilines is 1. The van der Waals surface area contributed by atoms with Crippen molar-refractivity contribution in [3.05, 3.63) is 78.6 Å². The second-order valence-corrected chi connectivity index (χ2v) is 9.08. The maximum absolute atomic E-state index is 12.7. The Kier molecular flexibility index (Phi) is 5.67. The summed E-state index contributed by atoms with van der Waals surface area (Å²) in [5.41, 5.74) is 0.867. The van der Waals surface area contributed by atoms with Gasteiger partial charge in [0.2, 0.25) is 0 Å². The second kappa shape index (κ2) is 8.05. The van der Waals surface area contributed by atoms with Crippen molar-refractivity contribution in [2.45, 2.75) is 6.54 Å². The molecule has 9 heteroatoms. The summed E-state index contributed by atoms with van der Waals surface area (Å²) in [6.45, 7) is 0.439. The number of rotatable bonds is 4. The van der Waals surface area contributed by atoms with Gasteiger partial charge in [0.1, 0.15) is 4.88 Å². The third-order valence-corrected chi connectivity index (χ3v) is 6.88. The normalized spacial score (nSPS) is 11.1. The Bertz CT molecular complexity index is 1200. The van der Waals surface area contributed by atoms with E-state index in [1.165, 1.54) is 11.3 Å². The smallest absolute Gasteiger partial charge is 0.268 e. The minimum atomic E-state index is -0.304. The number of aromatic nitrogens is 2. The summed E-state index contributed by atoms with van der Waals surface area (Å²) in [6.07, 6.45) is 1.77. The Hall–Kier alpha value is -1.57. The zero-order valence-corrected chi connectivity index (χ0v) is 18.7. The number of thiophene rings is 1. The molecule has 0 radical (unpaired) electrons. The van der Waals surface area contributed by atoms with Gasteiger partial charge in [0.25, 0.3) is 5.91 Å². The first-order valence-corrected chi connectivity index (χ1v) is 10.8. The molecule has 0 atom stereocenters. The van der Waals surface area contributed by atoms with Crippen LogP contribution in [0.2, 0.25) is 15.1 Å². The van der Waals surface area contributed by atoms with Crippen molar-refractivity contribution in [3.63, 3.8) is 0 Å². The number of benzene rings is 2. The van der Waals surface area contributed by atoms with E-state index in [1.807, 2.05) is 30.3 Å². The molecule has 0 spiro atoms. The number of amides is 1. The molecule has 4 nitrogen and oxygen atoms in total. The van der Waals surface area contributed by atoms with Crippen LogP contribution in [0.5, 0.6) is 0 Å². The lowest BCUT2D eigenvalue weighted by molar-refractivity contribution is 0.103. The predicted molar refractivity (Wildman–Crippen MR) is 120 cm³/mol. The van der Waals surface area contributed by atoms with Crippen molar-refractivity contribution in [2.24, 2.45) is 0 Å². The highest BCUT2D eigenvalue weighted by Gasteiger charge is 2.19. The summed E-state index contributed by atoms with van der Waals surface area (Å²) in [5, 5.41) is 9.68. The average Bonchev–Trinajstić information content (AvgIpc) is 3.18. The summed E-state index contributed by atoms with van der Waals surface area (Å²) in [5.74, 6) is 0.102. The maximum atomic E-state index is 12.7. The molecule has 0 fully saturated rings. The van der Waals surface area contributed by atoms with E-state index < -0.39 is 0 Å². The van der Waals surface area contributed by atoms with Gasteiger partial charge in [-0.2, -0.15) is 5.10 Å². The highest BCUT2D eigenvalue weighted by Crippen LogP contribution is 2.36. The van der Waals surface area contributed by atoms with E-state index in [0.29, 0.717) is 36.8 Å². The van der Waals surface area contributed by atoms with E-state index >= 15 is 0 Å². The van der Waals surface area contributed by atoms with E-state index in [4.69, 9.17) is 34.8 Å². The number of carbonyl (C=O) groups is 1. The number of hydrogen-bond donors (Lipinski definition) is 1. The Morgan fingerprint density at radius 3 is 2.71 bits per heavy atom. The molecule has 1 amide bonds. The topological polar surface area (TPSA) is 46.9 Å². The lowest BCUT2D eigenvalue weighted by Crippen LogP contribution is -2.12. The van der Waals surface area contributed by atoms with E-state index in [2.05, 4.69) is 26.3 Å². The molecule has 0 saturated carbocycles. The second-order valence-electron chi connectivity index (χ2n) is 5.95. The van der Waals surface area contributed by atoms with Crippen molar-refractivity contribution < 1.29 is 4.79 Å². The average molecular weight is 516 g/mol. The van der Waals surface area contributed by atoms with Gasteiger partial charge in [-0.15, -0.1) is 11.3 Å². The van der Waals surface area contributed by atoms with Crippen molar-refractivity contribution in [2.75, 3.05) is 5.32 Å². The highest BCUT2D eigenvalue weighted by molar-refractivity contribution is 9.10. The SMILES string of the molecule is O=C(Nc1nn(Cc2ccc(Cl)cc2Cl)cc1Br)c1sc2ccccc2c1Cl. The van der Waals surface area contributed by atoms with Gasteiger partial charge in [-0.25, -0.2) is 0 Å². The molecule has 142 valence electrons. The first-order valence-electron chi connectivity index (χ1n) is 8.07. The minimum absolute atomic E-state index is 0.304. The van der Waals surface area contributed by atoms with Gasteiger partial charge in [0.15, 0.2) is 5.82 Å². The molecule has 2 aromatic heterocycles. The van der Waals surface area contributed by atoms with Crippen molar-refractivity contribution >= 4 is 83.9 Å². The van der Waals surface area contributed by atoms with Gasteiger partial charge in [0, 0.05) is 26.3 Å². The van der Waals surface area contributed by atoms with Crippen molar-refractivity contribution in [3.8, 4) is 0 Å². The first kappa shape index (κ1) is 19.7. The Morgan fingerprint density at radius 1 is 1.18 bits per heavy atom. The summed E-state index contributed by atoms with van der Waals surface area (Å²) in [6, 6.07) is 12.9. The lowest BCUT2D eigenvalue weighted by atomic mass is 10.2. The number of carbonyl (C=O) groups excluding carboxylic acids is 1. The molecule has 2 heterocycles. The van der Waals surface area contributed by atoms with Crippen LogP contribution >= 0.6 is 62.1 Å². The number of hydrogen-bond acceptors (Lipinski definition) is 3. The molecule has 0 aliphatic heterocycles. The monoisotopic (exact) mass is 513 g/mol. The minimum Gasteiger partial charge on any atom is -0.303 e. The fraction of sp³-hybridized carbons (Fsp3) is 0.0526.